The van der Waals surface area contributed by atoms with Crippen LogP contribution in [-0.2, 0) is 10.0 Å². The predicted molar refractivity (Wildman–Crippen MR) is 84.0 cm³/mol. The number of hydrogen-bond donors (Lipinski definition) is 2. The first kappa shape index (κ1) is 17.5. The third kappa shape index (κ3) is 4.47. The Morgan fingerprint density at radius 2 is 2.10 bits per heavy atom. The minimum absolute atomic E-state index is 0.00609. The SMILES string of the molecule is CSCCCNS(=O)(=O)c1cc(C(=O)O)cc(Br)c1C. The number of carbonyl (C=O) groups is 1. The Bertz CT molecular complexity index is 602. The Morgan fingerprint density at radius 1 is 1.45 bits per heavy atom. The molecule has 0 aromatic heterocycles. The van der Waals surface area contributed by atoms with Gasteiger partial charge in [-0.3, -0.25) is 0 Å². The second-order valence-corrected chi connectivity index (χ2v) is 7.71. The van der Waals surface area contributed by atoms with E-state index >= 15 is 0 Å². The van der Waals surface area contributed by atoms with Gasteiger partial charge in [0.2, 0.25) is 10.0 Å². The van der Waals surface area contributed by atoms with Crippen LogP contribution in [0.1, 0.15) is 22.3 Å². The lowest BCUT2D eigenvalue weighted by Gasteiger charge is -2.11. The van der Waals surface area contributed by atoms with E-state index in [1.54, 1.807) is 18.7 Å². The van der Waals surface area contributed by atoms with Gasteiger partial charge in [-0.15, -0.1) is 0 Å². The molecule has 0 saturated carbocycles. The molecule has 1 aromatic carbocycles. The van der Waals surface area contributed by atoms with E-state index in [1.165, 1.54) is 12.1 Å². The fraction of sp³-hybridized carbons (Fsp3) is 0.417. The van der Waals surface area contributed by atoms with Gasteiger partial charge in [-0.05, 0) is 43.0 Å². The van der Waals surface area contributed by atoms with Crippen LogP contribution in [0.25, 0.3) is 0 Å². The molecule has 0 unspecified atom stereocenters. The molecule has 0 aliphatic carbocycles. The third-order valence-corrected chi connectivity index (χ3v) is 5.76. The van der Waals surface area contributed by atoms with Crippen molar-refractivity contribution in [2.75, 3.05) is 18.6 Å². The molecule has 1 aromatic rings. The van der Waals surface area contributed by atoms with Gasteiger partial charge < -0.3 is 5.11 Å². The summed E-state index contributed by atoms with van der Waals surface area (Å²) >= 11 is 4.83. The highest BCUT2D eigenvalue weighted by atomic mass is 79.9. The molecule has 20 heavy (non-hydrogen) atoms. The van der Waals surface area contributed by atoms with Crippen LogP contribution < -0.4 is 4.72 Å². The van der Waals surface area contributed by atoms with Crippen molar-refractivity contribution in [2.45, 2.75) is 18.2 Å². The minimum atomic E-state index is -3.70. The smallest absolute Gasteiger partial charge is 0.335 e. The Labute approximate surface area is 131 Å². The van der Waals surface area contributed by atoms with Crippen LogP contribution in [0.5, 0.6) is 0 Å². The number of thioether (sulfide) groups is 1. The Kier molecular flexibility index (Phi) is 6.50. The van der Waals surface area contributed by atoms with E-state index in [4.69, 9.17) is 5.11 Å². The van der Waals surface area contributed by atoms with E-state index < -0.39 is 16.0 Å². The Morgan fingerprint density at radius 3 is 2.65 bits per heavy atom. The quantitative estimate of drug-likeness (QED) is 0.708. The second-order valence-electron chi connectivity index (χ2n) is 4.13. The lowest BCUT2D eigenvalue weighted by Crippen LogP contribution is -2.26. The van der Waals surface area contributed by atoms with Gasteiger partial charge in [-0.1, -0.05) is 15.9 Å². The zero-order valence-electron chi connectivity index (χ0n) is 11.1. The van der Waals surface area contributed by atoms with Crippen molar-refractivity contribution in [1.29, 1.82) is 0 Å². The molecule has 0 fully saturated rings. The van der Waals surface area contributed by atoms with Crippen molar-refractivity contribution in [3.8, 4) is 0 Å². The van der Waals surface area contributed by atoms with Gasteiger partial charge in [0.25, 0.3) is 0 Å². The summed E-state index contributed by atoms with van der Waals surface area (Å²) in [5.41, 5.74) is 0.430. The first-order chi connectivity index (χ1) is 9.29. The molecule has 1 rings (SSSR count). The van der Waals surface area contributed by atoms with E-state index in [1.807, 2.05) is 6.26 Å². The standard InChI is InChI=1S/C12H16BrNO4S2/c1-8-10(13)6-9(12(15)16)7-11(8)20(17,18)14-4-3-5-19-2/h6-7,14H,3-5H2,1-2H3,(H,15,16). The van der Waals surface area contributed by atoms with E-state index in [2.05, 4.69) is 20.7 Å². The van der Waals surface area contributed by atoms with Crippen molar-refractivity contribution in [3.05, 3.63) is 27.7 Å². The van der Waals surface area contributed by atoms with E-state index in [-0.39, 0.29) is 10.5 Å². The lowest BCUT2D eigenvalue weighted by molar-refractivity contribution is 0.0696. The average molecular weight is 382 g/mol. The number of halogens is 1. The number of carboxylic acid groups (broad SMARTS) is 1. The van der Waals surface area contributed by atoms with Crippen LogP contribution in [0, 0.1) is 6.92 Å². The van der Waals surface area contributed by atoms with Crippen LogP contribution in [0.15, 0.2) is 21.5 Å². The van der Waals surface area contributed by atoms with Gasteiger partial charge in [-0.2, -0.15) is 11.8 Å². The summed E-state index contributed by atoms with van der Waals surface area (Å²) in [6.45, 7) is 1.96. The first-order valence-electron chi connectivity index (χ1n) is 5.81. The molecular weight excluding hydrogens is 366 g/mol. The van der Waals surface area contributed by atoms with Crippen LogP contribution >= 0.6 is 27.7 Å². The normalized spacial score (nSPS) is 11.6. The fourth-order valence-corrected chi connectivity index (χ4v) is 3.95. The van der Waals surface area contributed by atoms with Gasteiger partial charge in [0, 0.05) is 11.0 Å². The molecule has 112 valence electrons. The van der Waals surface area contributed by atoms with Crippen molar-refractivity contribution >= 4 is 43.7 Å². The molecule has 0 aliphatic heterocycles. The zero-order valence-corrected chi connectivity index (χ0v) is 14.4. The third-order valence-electron chi connectivity index (χ3n) is 2.65. The maximum absolute atomic E-state index is 12.2. The number of rotatable bonds is 7. The zero-order chi connectivity index (χ0) is 15.3. The van der Waals surface area contributed by atoms with Crippen LogP contribution in [0.4, 0.5) is 0 Å². The molecule has 0 spiro atoms. The topological polar surface area (TPSA) is 83.5 Å². The highest BCUT2D eigenvalue weighted by molar-refractivity contribution is 9.10. The number of aromatic carboxylic acids is 1. The highest BCUT2D eigenvalue weighted by Gasteiger charge is 2.20. The summed E-state index contributed by atoms with van der Waals surface area (Å²) in [5, 5.41) is 9.00. The number of hydrogen-bond acceptors (Lipinski definition) is 4. The molecule has 2 N–H and O–H groups in total. The van der Waals surface area contributed by atoms with Gasteiger partial charge in [-0.25, -0.2) is 17.9 Å². The maximum atomic E-state index is 12.2. The molecule has 0 radical (unpaired) electrons. The summed E-state index contributed by atoms with van der Waals surface area (Å²) in [6, 6.07) is 2.57. The van der Waals surface area contributed by atoms with Crippen molar-refractivity contribution in [1.82, 2.24) is 4.72 Å². The van der Waals surface area contributed by atoms with E-state index in [9.17, 15) is 13.2 Å². The van der Waals surface area contributed by atoms with E-state index in [0.717, 1.165) is 12.2 Å². The predicted octanol–water partition coefficient (Wildman–Crippen LogP) is 2.49. The molecule has 8 heteroatoms. The summed E-state index contributed by atoms with van der Waals surface area (Å²) in [6.07, 6.45) is 2.67. The van der Waals surface area contributed by atoms with Crippen molar-refractivity contribution in [2.24, 2.45) is 0 Å². The maximum Gasteiger partial charge on any atom is 0.335 e. The van der Waals surface area contributed by atoms with E-state index in [0.29, 0.717) is 16.6 Å². The second kappa shape index (κ2) is 7.44. The van der Waals surface area contributed by atoms with Gasteiger partial charge >= 0.3 is 5.97 Å². The van der Waals surface area contributed by atoms with Gasteiger partial charge in [0.1, 0.15) is 0 Å². The van der Waals surface area contributed by atoms with Crippen molar-refractivity contribution < 1.29 is 18.3 Å². The molecule has 0 bridgehead atoms. The molecule has 0 amide bonds. The van der Waals surface area contributed by atoms with Crippen molar-refractivity contribution in [3.63, 3.8) is 0 Å². The number of sulfonamides is 1. The summed E-state index contributed by atoms with van der Waals surface area (Å²) in [5.74, 6) is -0.301. The van der Waals surface area contributed by atoms with Crippen LogP contribution in [0.3, 0.4) is 0 Å². The summed E-state index contributed by atoms with van der Waals surface area (Å²) < 4.78 is 27.4. The van der Waals surface area contributed by atoms with Crippen LogP contribution in [0.2, 0.25) is 0 Å². The van der Waals surface area contributed by atoms with Crippen LogP contribution in [-0.4, -0.2) is 38.0 Å². The Balaban J connectivity index is 3.07. The van der Waals surface area contributed by atoms with Gasteiger partial charge in [0.15, 0.2) is 0 Å². The Hall–Kier alpha value is -0.570. The summed E-state index contributed by atoms with van der Waals surface area (Å²) in [7, 11) is -3.70. The molecule has 0 heterocycles. The number of nitrogens with one attached hydrogen (secondary N) is 1. The molecule has 0 saturated heterocycles. The molecular formula is C12H16BrNO4S2. The highest BCUT2D eigenvalue weighted by Crippen LogP contribution is 2.25. The number of benzene rings is 1. The molecule has 0 atom stereocenters. The minimum Gasteiger partial charge on any atom is -0.478 e. The lowest BCUT2D eigenvalue weighted by atomic mass is 10.1. The summed E-state index contributed by atoms with van der Waals surface area (Å²) in [4.78, 5) is 11.0. The first-order valence-corrected chi connectivity index (χ1v) is 9.48. The molecule has 0 aliphatic rings. The average Bonchev–Trinajstić information content (AvgIpc) is 2.37. The number of carboxylic acids is 1. The largest absolute Gasteiger partial charge is 0.478 e. The van der Waals surface area contributed by atoms with Gasteiger partial charge in [0.05, 0.1) is 10.5 Å². The molecule has 5 nitrogen and oxygen atoms in total. The fourth-order valence-electron chi connectivity index (χ4n) is 1.56. The monoisotopic (exact) mass is 381 g/mol.